The van der Waals surface area contributed by atoms with E-state index in [0.717, 1.165) is 46.9 Å². The van der Waals surface area contributed by atoms with Crippen molar-refractivity contribution < 1.29 is 4.79 Å². The Morgan fingerprint density at radius 3 is 3.00 bits per heavy atom. The molecular weight excluding hydrogens is 370 g/mol. The number of alkyl halides is 1. The minimum absolute atomic E-state index is 0.179. The Morgan fingerprint density at radius 2 is 2.26 bits per heavy atom. The van der Waals surface area contributed by atoms with Gasteiger partial charge in [-0.1, -0.05) is 37.9 Å². The summed E-state index contributed by atoms with van der Waals surface area (Å²) in [4.78, 5) is 14.6. The third-order valence-corrected chi connectivity index (χ3v) is 5.14. The van der Waals surface area contributed by atoms with Crippen molar-refractivity contribution in [1.82, 2.24) is 4.90 Å². The maximum Gasteiger partial charge on any atom is 0.254 e. The topological polar surface area (TPSA) is 20.3 Å². The molecule has 2 rings (SSSR count). The van der Waals surface area contributed by atoms with Crippen molar-refractivity contribution in [3.8, 4) is 0 Å². The molecule has 104 valence electrons. The van der Waals surface area contributed by atoms with Gasteiger partial charge >= 0.3 is 0 Å². The fraction of sp³-hybridized carbons (Fsp3) is 0.533. The number of halogens is 2. The molecular formula is C15H19Br2NO. The van der Waals surface area contributed by atoms with Crippen LogP contribution in [0.3, 0.4) is 0 Å². The predicted molar refractivity (Wildman–Crippen MR) is 85.9 cm³/mol. The van der Waals surface area contributed by atoms with E-state index in [4.69, 9.17) is 0 Å². The van der Waals surface area contributed by atoms with E-state index in [0.29, 0.717) is 5.92 Å². The van der Waals surface area contributed by atoms with Crippen LogP contribution < -0.4 is 0 Å². The van der Waals surface area contributed by atoms with Gasteiger partial charge in [0.25, 0.3) is 5.91 Å². The maximum absolute atomic E-state index is 12.6. The smallest absolute Gasteiger partial charge is 0.254 e. The van der Waals surface area contributed by atoms with E-state index in [9.17, 15) is 4.79 Å². The van der Waals surface area contributed by atoms with Crippen LogP contribution in [0.5, 0.6) is 0 Å². The summed E-state index contributed by atoms with van der Waals surface area (Å²) in [5, 5.41) is 1.02. The van der Waals surface area contributed by atoms with Gasteiger partial charge in [0.15, 0.2) is 0 Å². The highest BCUT2D eigenvalue weighted by Crippen LogP contribution is 2.25. The third kappa shape index (κ3) is 3.60. The van der Waals surface area contributed by atoms with E-state index >= 15 is 0 Å². The van der Waals surface area contributed by atoms with Crippen LogP contribution in [0.4, 0.5) is 0 Å². The van der Waals surface area contributed by atoms with Crippen LogP contribution in [0.1, 0.15) is 35.2 Å². The monoisotopic (exact) mass is 387 g/mol. The Labute approximate surface area is 131 Å². The van der Waals surface area contributed by atoms with Gasteiger partial charge in [-0.3, -0.25) is 4.79 Å². The average molecular weight is 389 g/mol. The zero-order chi connectivity index (χ0) is 13.8. The summed E-state index contributed by atoms with van der Waals surface area (Å²) in [6.07, 6.45) is 3.52. The van der Waals surface area contributed by atoms with E-state index in [1.54, 1.807) is 0 Å². The zero-order valence-electron chi connectivity index (χ0n) is 11.2. The van der Waals surface area contributed by atoms with Crippen LogP contribution in [0.2, 0.25) is 0 Å². The first-order chi connectivity index (χ1) is 9.13. The summed E-state index contributed by atoms with van der Waals surface area (Å²) in [5.41, 5.74) is 1.86. The molecule has 1 aliphatic rings. The summed E-state index contributed by atoms with van der Waals surface area (Å²) in [6.45, 7) is 3.79. The molecule has 0 N–H and O–H groups in total. The first-order valence-corrected chi connectivity index (χ1v) is 8.65. The van der Waals surface area contributed by atoms with Gasteiger partial charge in [0.2, 0.25) is 0 Å². The van der Waals surface area contributed by atoms with Gasteiger partial charge in [-0.2, -0.15) is 0 Å². The average Bonchev–Trinajstić information content (AvgIpc) is 2.42. The first kappa shape index (κ1) is 15.0. The van der Waals surface area contributed by atoms with Crippen molar-refractivity contribution in [2.24, 2.45) is 5.92 Å². The standard InChI is InChI=1S/C15H19Br2NO/c1-11-13(5-2-6-14(11)17)15(19)18-9-3-4-12(10-18)7-8-16/h2,5-6,12H,3-4,7-10H2,1H3. The van der Waals surface area contributed by atoms with E-state index in [1.165, 1.54) is 6.42 Å². The molecule has 0 aromatic heterocycles. The molecule has 1 aromatic rings. The first-order valence-electron chi connectivity index (χ1n) is 6.74. The molecule has 1 saturated heterocycles. The highest BCUT2D eigenvalue weighted by molar-refractivity contribution is 9.10. The van der Waals surface area contributed by atoms with Gasteiger partial charge in [-0.25, -0.2) is 0 Å². The number of rotatable bonds is 3. The maximum atomic E-state index is 12.6. The van der Waals surface area contributed by atoms with Gasteiger partial charge in [-0.05, 0) is 49.8 Å². The largest absolute Gasteiger partial charge is 0.338 e. The quantitative estimate of drug-likeness (QED) is 0.703. The molecule has 0 spiro atoms. The van der Waals surface area contributed by atoms with Gasteiger partial charge < -0.3 is 4.90 Å². The minimum atomic E-state index is 0.179. The summed E-state index contributed by atoms with van der Waals surface area (Å²) in [5.74, 6) is 0.822. The predicted octanol–water partition coefficient (Wildman–Crippen LogP) is 4.39. The lowest BCUT2D eigenvalue weighted by Crippen LogP contribution is -2.40. The number of likely N-dealkylation sites (tertiary alicyclic amines) is 1. The number of piperidine rings is 1. The lowest BCUT2D eigenvalue weighted by Gasteiger charge is -2.33. The molecule has 1 aliphatic heterocycles. The second-order valence-corrected chi connectivity index (χ2v) is 6.80. The Kier molecular flexibility index (Phi) is 5.46. The number of carbonyl (C=O) groups is 1. The molecule has 1 fully saturated rings. The molecule has 1 unspecified atom stereocenters. The second kappa shape index (κ2) is 6.89. The fourth-order valence-corrected chi connectivity index (χ4v) is 3.66. The molecule has 1 aromatic carbocycles. The Hall–Kier alpha value is -0.350. The van der Waals surface area contributed by atoms with Crippen molar-refractivity contribution in [2.75, 3.05) is 18.4 Å². The number of hydrogen-bond donors (Lipinski definition) is 0. The molecule has 0 aliphatic carbocycles. The Bertz CT molecular complexity index is 459. The highest BCUT2D eigenvalue weighted by atomic mass is 79.9. The summed E-state index contributed by atoms with van der Waals surface area (Å²) in [6, 6.07) is 5.84. The number of carbonyl (C=O) groups excluding carboxylic acids is 1. The van der Waals surface area contributed by atoms with Crippen molar-refractivity contribution in [1.29, 1.82) is 0 Å². The number of nitrogens with zero attached hydrogens (tertiary/aromatic N) is 1. The molecule has 2 nitrogen and oxygen atoms in total. The Morgan fingerprint density at radius 1 is 1.47 bits per heavy atom. The second-order valence-electron chi connectivity index (χ2n) is 5.15. The molecule has 1 amide bonds. The molecule has 1 heterocycles. The van der Waals surface area contributed by atoms with Gasteiger partial charge in [0.05, 0.1) is 0 Å². The summed E-state index contributed by atoms with van der Waals surface area (Å²) in [7, 11) is 0. The molecule has 4 heteroatoms. The fourth-order valence-electron chi connectivity index (χ4n) is 2.65. The van der Waals surface area contributed by atoms with Gasteiger partial charge in [0, 0.05) is 28.5 Å². The molecule has 0 bridgehead atoms. The van der Waals surface area contributed by atoms with Crippen molar-refractivity contribution in [3.05, 3.63) is 33.8 Å². The van der Waals surface area contributed by atoms with Crippen LogP contribution in [-0.4, -0.2) is 29.2 Å². The molecule has 19 heavy (non-hydrogen) atoms. The normalized spacial score (nSPS) is 19.5. The Balaban J connectivity index is 2.12. The van der Waals surface area contributed by atoms with E-state index in [-0.39, 0.29) is 5.91 Å². The van der Waals surface area contributed by atoms with Crippen LogP contribution in [-0.2, 0) is 0 Å². The zero-order valence-corrected chi connectivity index (χ0v) is 14.3. The minimum Gasteiger partial charge on any atom is -0.338 e. The lowest BCUT2D eigenvalue weighted by atomic mass is 9.95. The number of hydrogen-bond acceptors (Lipinski definition) is 1. The van der Waals surface area contributed by atoms with E-state index in [1.807, 2.05) is 30.0 Å². The van der Waals surface area contributed by atoms with Crippen molar-refractivity contribution in [3.63, 3.8) is 0 Å². The van der Waals surface area contributed by atoms with Crippen LogP contribution in [0.15, 0.2) is 22.7 Å². The number of amides is 1. The summed E-state index contributed by atoms with van der Waals surface area (Å²) >= 11 is 7.00. The van der Waals surface area contributed by atoms with Crippen LogP contribution in [0, 0.1) is 12.8 Å². The van der Waals surface area contributed by atoms with Crippen molar-refractivity contribution >= 4 is 37.8 Å². The third-order valence-electron chi connectivity index (χ3n) is 3.82. The number of benzene rings is 1. The van der Waals surface area contributed by atoms with Crippen molar-refractivity contribution in [2.45, 2.75) is 26.2 Å². The SMILES string of the molecule is Cc1c(Br)cccc1C(=O)N1CCCC(CCBr)C1. The molecule has 0 saturated carbocycles. The lowest BCUT2D eigenvalue weighted by molar-refractivity contribution is 0.0671. The van der Waals surface area contributed by atoms with Crippen LogP contribution >= 0.6 is 31.9 Å². The van der Waals surface area contributed by atoms with E-state index < -0.39 is 0 Å². The van der Waals surface area contributed by atoms with E-state index in [2.05, 4.69) is 31.9 Å². The summed E-state index contributed by atoms with van der Waals surface area (Å²) < 4.78 is 1.01. The molecule has 1 atom stereocenters. The molecule has 0 radical (unpaired) electrons. The van der Waals surface area contributed by atoms with Gasteiger partial charge in [0.1, 0.15) is 0 Å². The van der Waals surface area contributed by atoms with Gasteiger partial charge in [-0.15, -0.1) is 0 Å². The van der Waals surface area contributed by atoms with Crippen LogP contribution in [0.25, 0.3) is 0 Å². The highest BCUT2D eigenvalue weighted by Gasteiger charge is 2.25.